The normalized spacial score (nSPS) is 20.4. The van der Waals surface area contributed by atoms with Crippen molar-refractivity contribution in [3.8, 4) is 0 Å². The van der Waals surface area contributed by atoms with Crippen LogP contribution in [0.15, 0.2) is 36.8 Å². The van der Waals surface area contributed by atoms with Gasteiger partial charge in [-0.1, -0.05) is 6.07 Å². The van der Waals surface area contributed by atoms with E-state index < -0.39 is 0 Å². The number of anilines is 2. The average molecular weight is 398 g/mol. The first kappa shape index (κ1) is 19.7. The number of hydrogen-bond donors (Lipinski definition) is 1. The van der Waals surface area contributed by atoms with Crippen molar-refractivity contribution in [3.63, 3.8) is 0 Å². The number of morpholine rings is 2. The number of nitrogens with one attached hydrogen (secondary N) is 1. The summed E-state index contributed by atoms with van der Waals surface area (Å²) in [6.07, 6.45) is 5.31. The van der Waals surface area contributed by atoms with Crippen LogP contribution in [0, 0.1) is 0 Å². The molecule has 9 nitrogen and oxygen atoms in total. The maximum Gasteiger partial charge on any atom is 0.224 e. The Labute approximate surface area is 170 Å². The smallest absolute Gasteiger partial charge is 0.224 e. The number of ether oxygens (including phenoxy) is 2. The minimum atomic E-state index is -0.120. The van der Waals surface area contributed by atoms with E-state index in [4.69, 9.17) is 9.47 Å². The van der Waals surface area contributed by atoms with Crippen molar-refractivity contribution in [3.05, 3.63) is 42.5 Å². The first-order valence-corrected chi connectivity index (χ1v) is 9.97. The summed E-state index contributed by atoms with van der Waals surface area (Å²) in [5, 5.41) is 3.16. The number of aromatic nitrogens is 3. The summed E-state index contributed by atoms with van der Waals surface area (Å²) >= 11 is 0. The molecule has 0 aliphatic carbocycles. The van der Waals surface area contributed by atoms with E-state index in [1.165, 1.54) is 0 Å². The fraction of sp³-hybridized carbons (Fsp3) is 0.500. The zero-order valence-electron chi connectivity index (χ0n) is 16.4. The maximum absolute atomic E-state index is 12.4. The second-order valence-electron chi connectivity index (χ2n) is 7.07. The van der Waals surface area contributed by atoms with Gasteiger partial charge in [0.2, 0.25) is 5.91 Å². The van der Waals surface area contributed by atoms with Crippen molar-refractivity contribution in [2.75, 3.05) is 57.9 Å². The Kier molecular flexibility index (Phi) is 6.60. The monoisotopic (exact) mass is 398 g/mol. The Morgan fingerprint density at radius 3 is 2.86 bits per heavy atom. The van der Waals surface area contributed by atoms with Crippen molar-refractivity contribution >= 4 is 17.5 Å². The van der Waals surface area contributed by atoms with Gasteiger partial charge in [0.1, 0.15) is 17.7 Å². The van der Waals surface area contributed by atoms with Gasteiger partial charge in [0, 0.05) is 51.5 Å². The molecule has 9 heteroatoms. The molecule has 2 saturated heterocycles. The Morgan fingerprint density at radius 2 is 2.03 bits per heavy atom. The molecule has 0 aromatic carbocycles. The lowest BCUT2D eigenvalue weighted by atomic mass is 10.1. The van der Waals surface area contributed by atoms with Crippen LogP contribution in [-0.2, 0) is 14.3 Å². The second kappa shape index (κ2) is 9.73. The van der Waals surface area contributed by atoms with Crippen LogP contribution in [0.3, 0.4) is 0 Å². The molecule has 1 amide bonds. The van der Waals surface area contributed by atoms with Gasteiger partial charge in [0.05, 0.1) is 31.7 Å². The topological polar surface area (TPSA) is 92.7 Å². The highest BCUT2D eigenvalue weighted by atomic mass is 16.5. The van der Waals surface area contributed by atoms with E-state index in [2.05, 4.69) is 25.2 Å². The third-order valence-electron chi connectivity index (χ3n) is 5.08. The highest BCUT2D eigenvalue weighted by molar-refractivity contribution is 5.76. The summed E-state index contributed by atoms with van der Waals surface area (Å²) < 4.78 is 11.3. The van der Waals surface area contributed by atoms with Gasteiger partial charge in [-0.3, -0.25) is 14.7 Å². The number of pyridine rings is 1. The van der Waals surface area contributed by atoms with E-state index in [0.29, 0.717) is 51.0 Å². The van der Waals surface area contributed by atoms with Crippen molar-refractivity contribution in [1.82, 2.24) is 24.8 Å². The molecule has 2 fully saturated rings. The fourth-order valence-corrected chi connectivity index (χ4v) is 3.50. The summed E-state index contributed by atoms with van der Waals surface area (Å²) in [5.41, 5.74) is 0.864. The summed E-state index contributed by atoms with van der Waals surface area (Å²) in [7, 11) is 0. The van der Waals surface area contributed by atoms with Crippen LogP contribution in [-0.4, -0.2) is 83.2 Å². The van der Waals surface area contributed by atoms with Crippen LogP contribution >= 0.6 is 0 Å². The van der Waals surface area contributed by atoms with Gasteiger partial charge in [0.25, 0.3) is 0 Å². The van der Waals surface area contributed by atoms with Gasteiger partial charge in [0.15, 0.2) is 0 Å². The van der Waals surface area contributed by atoms with E-state index in [9.17, 15) is 4.79 Å². The fourth-order valence-electron chi connectivity index (χ4n) is 3.50. The molecule has 2 aromatic rings. The van der Waals surface area contributed by atoms with E-state index in [-0.39, 0.29) is 12.0 Å². The van der Waals surface area contributed by atoms with Crippen molar-refractivity contribution in [2.24, 2.45) is 0 Å². The van der Waals surface area contributed by atoms with Crippen LogP contribution in [0.4, 0.5) is 11.6 Å². The Balaban J connectivity index is 1.32. The minimum absolute atomic E-state index is 0.120. The molecule has 4 heterocycles. The molecule has 0 spiro atoms. The third kappa shape index (κ3) is 5.47. The van der Waals surface area contributed by atoms with Gasteiger partial charge in [-0.15, -0.1) is 0 Å². The van der Waals surface area contributed by atoms with E-state index in [0.717, 1.165) is 25.3 Å². The lowest BCUT2D eigenvalue weighted by Crippen LogP contribution is -2.44. The number of amides is 1. The predicted octanol–water partition coefficient (Wildman–Crippen LogP) is 1.24. The average Bonchev–Trinajstić information content (AvgIpc) is 2.79. The van der Waals surface area contributed by atoms with Crippen LogP contribution < -0.4 is 5.32 Å². The molecule has 1 atom stereocenters. The molecule has 2 aromatic heterocycles. The quantitative estimate of drug-likeness (QED) is 0.777. The lowest BCUT2D eigenvalue weighted by Gasteiger charge is -2.33. The van der Waals surface area contributed by atoms with Gasteiger partial charge < -0.3 is 19.7 Å². The molecule has 154 valence electrons. The maximum atomic E-state index is 12.4. The number of carbonyl (C=O) groups is 1. The molecule has 1 unspecified atom stereocenters. The number of hydrogen-bond acceptors (Lipinski definition) is 8. The van der Waals surface area contributed by atoms with Crippen molar-refractivity contribution < 1.29 is 14.3 Å². The van der Waals surface area contributed by atoms with Crippen LogP contribution in [0.2, 0.25) is 0 Å². The molecule has 0 radical (unpaired) electrons. The second-order valence-corrected chi connectivity index (χ2v) is 7.07. The van der Waals surface area contributed by atoms with Gasteiger partial charge >= 0.3 is 0 Å². The van der Waals surface area contributed by atoms with E-state index >= 15 is 0 Å². The molecule has 4 rings (SSSR count). The predicted molar refractivity (Wildman–Crippen MR) is 107 cm³/mol. The van der Waals surface area contributed by atoms with Crippen LogP contribution in [0.5, 0.6) is 0 Å². The molecule has 29 heavy (non-hydrogen) atoms. The summed E-state index contributed by atoms with van der Waals surface area (Å²) in [4.78, 5) is 29.5. The summed E-state index contributed by atoms with van der Waals surface area (Å²) in [6, 6.07) is 5.81. The first-order valence-electron chi connectivity index (χ1n) is 9.97. The number of carbonyl (C=O) groups excluding carboxylic acids is 1. The summed E-state index contributed by atoms with van der Waals surface area (Å²) in [5.74, 6) is 1.54. The number of nitrogens with zero attached hydrogens (tertiary/aromatic N) is 5. The van der Waals surface area contributed by atoms with E-state index in [1.807, 2.05) is 23.1 Å². The Hall–Kier alpha value is -2.62. The largest absolute Gasteiger partial charge is 0.378 e. The molecular formula is C20H26N6O3. The van der Waals surface area contributed by atoms with Crippen LogP contribution in [0.1, 0.15) is 18.2 Å². The Bertz CT molecular complexity index is 800. The van der Waals surface area contributed by atoms with Gasteiger partial charge in [-0.25, -0.2) is 9.97 Å². The first-order chi connectivity index (χ1) is 14.3. The highest BCUT2D eigenvalue weighted by Crippen LogP contribution is 2.23. The van der Waals surface area contributed by atoms with Gasteiger partial charge in [-0.2, -0.15) is 0 Å². The van der Waals surface area contributed by atoms with Crippen LogP contribution in [0.25, 0.3) is 0 Å². The zero-order valence-corrected chi connectivity index (χ0v) is 16.4. The molecule has 2 aliphatic heterocycles. The molecule has 1 N–H and O–H groups in total. The minimum Gasteiger partial charge on any atom is -0.378 e. The summed E-state index contributed by atoms with van der Waals surface area (Å²) in [6.45, 7) is 5.56. The standard InChI is InChI=1S/C20H26N6O3/c27-20(26-9-11-28-12-10-26)4-7-25-8-13-29-17(15-25)16-2-1-3-18(23-16)24-19-14-21-5-6-22-19/h1-3,5-6,14,17H,4,7-13,15H2,(H,22,23,24). The SMILES string of the molecule is O=C(CCN1CCOC(c2cccc(Nc3cnccn3)n2)C1)N1CCOCC1. The van der Waals surface area contributed by atoms with Gasteiger partial charge in [-0.05, 0) is 12.1 Å². The van der Waals surface area contributed by atoms with E-state index in [1.54, 1.807) is 18.6 Å². The number of rotatable bonds is 6. The molecule has 0 bridgehead atoms. The molecular weight excluding hydrogens is 372 g/mol. The van der Waals surface area contributed by atoms with Crippen molar-refractivity contribution in [1.29, 1.82) is 0 Å². The Morgan fingerprint density at radius 1 is 1.14 bits per heavy atom. The zero-order chi connectivity index (χ0) is 19.9. The highest BCUT2D eigenvalue weighted by Gasteiger charge is 2.24. The van der Waals surface area contributed by atoms with Crippen molar-refractivity contribution in [2.45, 2.75) is 12.5 Å². The third-order valence-corrected chi connectivity index (χ3v) is 5.08. The molecule has 0 saturated carbocycles. The lowest BCUT2D eigenvalue weighted by molar-refractivity contribution is -0.136. The molecule has 2 aliphatic rings.